The van der Waals surface area contributed by atoms with E-state index in [1.54, 1.807) is 0 Å². The lowest BCUT2D eigenvalue weighted by Gasteiger charge is -2.25. The molecule has 108 valence electrons. The van der Waals surface area contributed by atoms with Crippen LogP contribution in [-0.4, -0.2) is 22.7 Å². The van der Waals surface area contributed by atoms with Crippen molar-refractivity contribution in [2.45, 2.75) is 32.4 Å². The fourth-order valence-electron chi connectivity index (χ4n) is 3.53. The zero-order valence-electron chi connectivity index (χ0n) is 12.8. The molecule has 0 bridgehead atoms. The number of aromatic nitrogens is 1. The highest BCUT2D eigenvalue weighted by molar-refractivity contribution is 5.64. The molecular weight excluding hydrogens is 258 g/mol. The van der Waals surface area contributed by atoms with Crippen molar-refractivity contribution in [3.05, 3.63) is 60.1 Å². The van der Waals surface area contributed by atoms with Gasteiger partial charge in [0.25, 0.3) is 0 Å². The topological polar surface area (TPSA) is 11.4 Å². The standard InChI is InChI=1S/C18H21N3/c1-13(2)15-6-4-5-7-16(15)20-9-8-14-12-17-19(3)10-11-21(17)18(14)20/h4-11,13,17H,12H2,1-3H3. The Kier molecular flexibility index (Phi) is 2.64. The maximum atomic E-state index is 2.40. The zero-order valence-corrected chi connectivity index (χ0v) is 12.8. The van der Waals surface area contributed by atoms with Crippen LogP contribution >= 0.6 is 0 Å². The molecule has 0 fully saturated rings. The summed E-state index contributed by atoms with van der Waals surface area (Å²) >= 11 is 0. The lowest BCUT2D eigenvalue weighted by Crippen LogP contribution is -2.34. The van der Waals surface area contributed by atoms with Crippen LogP contribution in [0.2, 0.25) is 0 Å². The van der Waals surface area contributed by atoms with Crippen molar-refractivity contribution in [1.82, 2.24) is 9.47 Å². The van der Waals surface area contributed by atoms with Crippen LogP contribution in [0.5, 0.6) is 0 Å². The summed E-state index contributed by atoms with van der Waals surface area (Å²) in [6, 6.07) is 11.0. The minimum Gasteiger partial charge on any atom is -0.358 e. The van der Waals surface area contributed by atoms with E-state index in [-0.39, 0.29) is 0 Å². The number of hydrogen-bond acceptors (Lipinski definition) is 2. The molecule has 2 aromatic rings. The number of rotatable bonds is 2. The van der Waals surface area contributed by atoms with E-state index in [9.17, 15) is 0 Å². The van der Waals surface area contributed by atoms with Gasteiger partial charge in [-0.3, -0.25) is 0 Å². The number of para-hydroxylation sites is 1. The van der Waals surface area contributed by atoms with Crippen LogP contribution in [0.3, 0.4) is 0 Å². The number of nitrogens with zero attached hydrogens (tertiary/aromatic N) is 3. The smallest absolute Gasteiger partial charge is 0.122 e. The Hall–Kier alpha value is -2.16. The average molecular weight is 279 g/mol. The van der Waals surface area contributed by atoms with E-state index in [4.69, 9.17) is 0 Å². The summed E-state index contributed by atoms with van der Waals surface area (Å²) in [6.45, 7) is 4.52. The summed E-state index contributed by atoms with van der Waals surface area (Å²) in [4.78, 5) is 4.69. The van der Waals surface area contributed by atoms with Gasteiger partial charge in [-0.15, -0.1) is 0 Å². The third-order valence-electron chi connectivity index (χ3n) is 4.66. The zero-order chi connectivity index (χ0) is 14.6. The Balaban J connectivity index is 1.86. The Morgan fingerprint density at radius 1 is 1.10 bits per heavy atom. The first-order valence-corrected chi connectivity index (χ1v) is 7.65. The summed E-state index contributed by atoms with van der Waals surface area (Å²) in [5.74, 6) is 1.85. The van der Waals surface area contributed by atoms with Crippen molar-refractivity contribution >= 4 is 5.82 Å². The van der Waals surface area contributed by atoms with E-state index >= 15 is 0 Å². The molecule has 1 atom stereocenters. The second-order valence-electron chi connectivity index (χ2n) is 6.30. The second-order valence-corrected chi connectivity index (χ2v) is 6.30. The van der Waals surface area contributed by atoms with Crippen LogP contribution < -0.4 is 4.90 Å². The monoisotopic (exact) mass is 279 g/mol. The van der Waals surface area contributed by atoms with Crippen LogP contribution in [0.1, 0.15) is 30.9 Å². The lowest BCUT2D eigenvalue weighted by atomic mass is 10.0. The van der Waals surface area contributed by atoms with Crippen molar-refractivity contribution in [2.75, 3.05) is 11.9 Å². The van der Waals surface area contributed by atoms with Gasteiger partial charge in [-0.1, -0.05) is 32.0 Å². The van der Waals surface area contributed by atoms with E-state index in [1.807, 2.05) is 0 Å². The SMILES string of the molecule is CC(C)c1ccccc1-n1ccc2c1N1C=CN(C)C1C2. The number of anilines is 1. The van der Waals surface area contributed by atoms with Gasteiger partial charge in [-0.2, -0.15) is 0 Å². The average Bonchev–Trinajstić information content (AvgIpc) is 3.12. The summed E-state index contributed by atoms with van der Waals surface area (Å²) in [5, 5.41) is 0. The fourth-order valence-corrected chi connectivity index (χ4v) is 3.53. The van der Waals surface area contributed by atoms with Gasteiger partial charge in [0.05, 0.1) is 5.69 Å². The van der Waals surface area contributed by atoms with Crippen LogP contribution in [0, 0.1) is 0 Å². The van der Waals surface area contributed by atoms with Gasteiger partial charge >= 0.3 is 0 Å². The molecule has 0 spiro atoms. The molecule has 3 heteroatoms. The number of benzene rings is 1. The Morgan fingerprint density at radius 3 is 2.71 bits per heavy atom. The first-order chi connectivity index (χ1) is 10.2. The minimum atomic E-state index is 0.452. The number of fused-ring (bicyclic) bond motifs is 3. The van der Waals surface area contributed by atoms with Crippen LogP contribution in [0.25, 0.3) is 5.69 Å². The van der Waals surface area contributed by atoms with E-state index in [1.165, 1.54) is 22.6 Å². The Labute approximate surface area is 126 Å². The van der Waals surface area contributed by atoms with Crippen molar-refractivity contribution < 1.29 is 0 Å². The van der Waals surface area contributed by atoms with E-state index in [0.29, 0.717) is 12.1 Å². The maximum Gasteiger partial charge on any atom is 0.122 e. The summed E-state index contributed by atoms with van der Waals surface area (Å²) < 4.78 is 2.36. The van der Waals surface area contributed by atoms with Crippen molar-refractivity contribution in [3.8, 4) is 5.69 Å². The van der Waals surface area contributed by atoms with E-state index in [0.717, 1.165) is 6.42 Å². The largest absolute Gasteiger partial charge is 0.358 e. The highest BCUT2D eigenvalue weighted by atomic mass is 15.4. The molecule has 0 saturated heterocycles. The third kappa shape index (κ3) is 1.73. The van der Waals surface area contributed by atoms with Gasteiger partial charge in [0.2, 0.25) is 0 Å². The molecule has 0 radical (unpaired) electrons. The van der Waals surface area contributed by atoms with Crippen molar-refractivity contribution in [2.24, 2.45) is 0 Å². The molecular formula is C18H21N3. The number of hydrogen-bond donors (Lipinski definition) is 0. The molecule has 0 N–H and O–H groups in total. The van der Waals surface area contributed by atoms with Crippen LogP contribution in [0.4, 0.5) is 5.82 Å². The summed E-state index contributed by atoms with van der Waals surface area (Å²) in [5.41, 5.74) is 4.14. The predicted molar refractivity (Wildman–Crippen MR) is 86.7 cm³/mol. The first kappa shape index (κ1) is 12.6. The molecule has 2 aliphatic heterocycles. The summed E-state index contributed by atoms with van der Waals surface area (Å²) in [6.07, 6.45) is 8.13. The molecule has 2 aliphatic rings. The van der Waals surface area contributed by atoms with Gasteiger partial charge in [-0.25, -0.2) is 0 Å². The molecule has 1 aromatic carbocycles. The van der Waals surface area contributed by atoms with E-state index < -0.39 is 0 Å². The molecule has 0 saturated carbocycles. The van der Waals surface area contributed by atoms with Crippen molar-refractivity contribution in [3.63, 3.8) is 0 Å². The summed E-state index contributed by atoms with van der Waals surface area (Å²) in [7, 11) is 2.15. The van der Waals surface area contributed by atoms with Gasteiger partial charge in [0, 0.05) is 32.1 Å². The number of likely N-dealkylation sites (N-methyl/N-ethyl adjacent to an activating group) is 1. The first-order valence-electron chi connectivity index (χ1n) is 7.65. The van der Waals surface area contributed by atoms with Crippen LogP contribution in [-0.2, 0) is 6.42 Å². The minimum absolute atomic E-state index is 0.452. The second kappa shape index (κ2) is 4.42. The Morgan fingerprint density at radius 2 is 1.90 bits per heavy atom. The molecule has 0 amide bonds. The lowest BCUT2D eigenvalue weighted by molar-refractivity contribution is 0.367. The molecule has 21 heavy (non-hydrogen) atoms. The molecule has 1 aromatic heterocycles. The molecule has 4 rings (SSSR count). The van der Waals surface area contributed by atoms with Crippen LogP contribution in [0.15, 0.2) is 48.9 Å². The quantitative estimate of drug-likeness (QED) is 0.830. The van der Waals surface area contributed by atoms with Gasteiger partial charge in [-0.05, 0) is 29.2 Å². The fraction of sp³-hybridized carbons (Fsp3) is 0.333. The highest BCUT2D eigenvalue weighted by Crippen LogP contribution is 2.40. The Bertz CT molecular complexity index is 711. The third-order valence-corrected chi connectivity index (χ3v) is 4.66. The van der Waals surface area contributed by atoms with Gasteiger partial charge in [0.15, 0.2) is 0 Å². The maximum absolute atomic E-state index is 2.40. The molecule has 0 aliphatic carbocycles. The van der Waals surface area contributed by atoms with E-state index in [2.05, 4.69) is 84.2 Å². The predicted octanol–water partition coefficient (Wildman–Crippen LogP) is 3.71. The van der Waals surface area contributed by atoms with Gasteiger partial charge < -0.3 is 14.4 Å². The van der Waals surface area contributed by atoms with Gasteiger partial charge in [0.1, 0.15) is 12.0 Å². The molecule has 3 heterocycles. The van der Waals surface area contributed by atoms with Crippen molar-refractivity contribution in [1.29, 1.82) is 0 Å². The normalized spacial score (nSPS) is 19.5. The molecule has 1 unspecified atom stereocenters. The molecule has 3 nitrogen and oxygen atoms in total. The highest BCUT2D eigenvalue weighted by Gasteiger charge is 2.36.